The summed E-state index contributed by atoms with van der Waals surface area (Å²) in [5, 5.41) is 0.251. The lowest BCUT2D eigenvalue weighted by Gasteiger charge is -2.34. The molecule has 1 amide bonds. The number of aryl methyl sites for hydroxylation is 1. The fraction of sp³-hybridized carbons (Fsp3) is 0.538. The molecule has 1 N–H and O–H groups in total. The average molecular weight is 269 g/mol. The summed E-state index contributed by atoms with van der Waals surface area (Å²) in [7, 11) is 1.73. The maximum absolute atomic E-state index is 12.1. The van der Waals surface area contributed by atoms with E-state index in [0.717, 1.165) is 18.5 Å². The molecule has 5 heteroatoms. The highest BCUT2D eigenvalue weighted by molar-refractivity contribution is 6.21. The zero-order valence-corrected chi connectivity index (χ0v) is 11.3. The van der Waals surface area contributed by atoms with Crippen molar-refractivity contribution in [3.8, 4) is 0 Å². The summed E-state index contributed by atoms with van der Waals surface area (Å²) in [4.78, 5) is 28.3. The van der Waals surface area contributed by atoms with E-state index in [2.05, 4.69) is 4.98 Å². The minimum Gasteiger partial charge on any atom is -0.364 e. The first kappa shape index (κ1) is 13.1. The summed E-state index contributed by atoms with van der Waals surface area (Å²) in [5.41, 5.74) is 0.722. The Morgan fingerprint density at radius 3 is 2.78 bits per heavy atom. The Kier molecular flexibility index (Phi) is 3.76. The van der Waals surface area contributed by atoms with Gasteiger partial charge in [0.2, 0.25) is 0 Å². The van der Waals surface area contributed by atoms with E-state index in [0.29, 0.717) is 12.5 Å². The van der Waals surface area contributed by atoms with Gasteiger partial charge in [-0.05, 0) is 25.7 Å². The largest absolute Gasteiger partial charge is 0.364 e. The fourth-order valence-corrected chi connectivity index (χ4v) is 2.72. The molecule has 1 aliphatic carbocycles. The van der Waals surface area contributed by atoms with Crippen molar-refractivity contribution in [1.82, 2.24) is 9.88 Å². The van der Waals surface area contributed by atoms with E-state index in [-0.39, 0.29) is 22.3 Å². The number of rotatable bonds is 3. The van der Waals surface area contributed by atoms with Gasteiger partial charge >= 0.3 is 0 Å². The zero-order valence-electron chi connectivity index (χ0n) is 10.6. The van der Waals surface area contributed by atoms with Crippen LogP contribution in [0.2, 0.25) is 0 Å². The highest BCUT2D eigenvalue weighted by Crippen LogP contribution is 2.32. The zero-order chi connectivity index (χ0) is 13.3. The number of nitrogens with one attached hydrogen (secondary N) is 1. The van der Waals surface area contributed by atoms with Gasteiger partial charge < -0.3 is 9.88 Å². The number of aromatic nitrogens is 1. The quantitative estimate of drug-likeness (QED) is 0.850. The van der Waals surface area contributed by atoms with Crippen LogP contribution in [0.15, 0.2) is 17.1 Å². The fourth-order valence-electron chi connectivity index (χ4n) is 2.22. The normalized spacial score (nSPS) is 22.4. The van der Waals surface area contributed by atoms with Gasteiger partial charge in [0.25, 0.3) is 5.91 Å². The third-order valence-corrected chi connectivity index (χ3v) is 3.70. The van der Waals surface area contributed by atoms with Crippen molar-refractivity contribution in [2.75, 3.05) is 13.6 Å². The lowest BCUT2D eigenvalue weighted by Crippen LogP contribution is -2.39. The molecule has 0 spiro atoms. The van der Waals surface area contributed by atoms with Crippen LogP contribution < -0.4 is 5.43 Å². The topological polar surface area (TPSA) is 53.2 Å². The molecule has 1 aromatic rings. The van der Waals surface area contributed by atoms with Crippen molar-refractivity contribution >= 4 is 17.5 Å². The van der Waals surface area contributed by atoms with Gasteiger partial charge in [0.1, 0.15) is 5.56 Å². The smallest absolute Gasteiger partial charge is 0.259 e. The lowest BCUT2D eigenvalue weighted by atomic mass is 9.84. The van der Waals surface area contributed by atoms with Crippen LogP contribution in [0.5, 0.6) is 0 Å². The number of hydrogen-bond donors (Lipinski definition) is 1. The van der Waals surface area contributed by atoms with Gasteiger partial charge in [-0.25, -0.2) is 0 Å². The molecule has 1 fully saturated rings. The minimum atomic E-state index is -0.230. The number of alkyl halides is 1. The molecule has 0 aromatic carbocycles. The number of hydrogen-bond acceptors (Lipinski definition) is 2. The molecular weight excluding hydrogens is 252 g/mol. The van der Waals surface area contributed by atoms with Gasteiger partial charge in [-0.15, -0.1) is 11.6 Å². The Bertz CT molecular complexity index is 506. The minimum absolute atomic E-state index is 0.199. The Hall–Kier alpha value is -1.29. The van der Waals surface area contributed by atoms with Crippen LogP contribution in [0.1, 0.15) is 28.9 Å². The predicted molar refractivity (Wildman–Crippen MR) is 71.1 cm³/mol. The third-order valence-electron chi connectivity index (χ3n) is 3.34. The molecule has 0 bridgehead atoms. The van der Waals surface area contributed by atoms with E-state index in [4.69, 9.17) is 11.6 Å². The molecule has 0 unspecified atom stereocenters. The molecule has 2 rings (SSSR count). The average Bonchev–Trinajstić information content (AvgIpc) is 2.26. The summed E-state index contributed by atoms with van der Waals surface area (Å²) in [6.45, 7) is 2.45. The van der Waals surface area contributed by atoms with Crippen molar-refractivity contribution in [3.63, 3.8) is 0 Å². The van der Waals surface area contributed by atoms with Gasteiger partial charge in [-0.2, -0.15) is 0 Å². The molecule has 18 heavy (non-hydrogen) atoms. The summed E-state index contributed by atoms with van der Waals surface area (Å²) in [5.74, 6) is 0.236. The van der Waals surface area contributed by atoms with Crippen LogP contribution in [-0.2, 0) is 0 Å². The molecule has 1 saturated carbocycles. The first-order valence-electron chi connectivity index (χ1n) is 6.06. The number of pyridine rings is 1. The van der Waals surface area contributed by atoms with E-state index >= 15 is 0 Å². The van der Waals surface area contributed by atoms with Crippen molar-refractivity contribution in [1.29, 1.82) is 0 Å². The van der Waals surface area contributed by atoms with E-state index in [1.807, 2.05) is 0 Å². The number of carbonyl (C=O) groups excluding carboxylic acids is 1. The Balaban J connectivity index is 2.04. The molecule has 0 radical (unpaired) electrons. The van der Waals surface area contributed by atoms with Gasteiger partial charge in [0.05, 0.1) is 0 Å². The maximum atomic E-state index is 12.1. The molecular formula is C13H17ClN2O2. The van der Waals surface area contributed by atoms with Gasteiger partial charge in [-0.3, -0.25) is 9.59 Å². The number of aromatic amines is 1. The summed E-state index contributed by atoms with van der Waals surface area (Å²) < 4.78 is 0. The number of halogens is 1. The number of H-pyrrole nitrogens is 1. The first-order valence-corrected chi connectivity index (χ1v) is 6.50. The standard InChI is InChI=1S/C13H17ClN2O2/c1-8-3-12(17)11(6-15-8)13(18)16(2)7-9-4-10(14)5-9/h3,6,9-10H,4-5,7H2,1-2H3,(H,15,17). The van der Waals surface area contributed by atoms with Crippen molar-refractivity contribution < 1.29 is 4.79 Å². The van der Waals surface area contributed by atoms with Crippen LogP contribution in [0.4, 0.5) is 0 Å². The maximum Gasteiger partial charge on any atom is 0.259 e. The lowest BCUT2D eigenvalue weighted by molar-refractivity contribution is 0.0745. The SMILES string of the molecule is Cc1cc(=O)c(C(=O)N(C)CC2CC(Cl)C2)c[nH]1. The van der Waals surface area contributed by atoms with Crippen molar-refractivity contribution in [2.24, 2.45) is 5.92 Å². The monoisotopic (exact) mass is 268 g/mol. The first-order chi connectivity index (χ1) is 8.47. The Morgan fingerprint density at radius 2 is 2.22 bits per heavy atom. The summed E-state index contributed by atoms with van der Waals surface area (Å²) in [6, 6.07) is 1.44. The number of carbonyl (C=O) groups is 1. The second kappa shape index (κ2) is 5.14. The number of amides is 1. The van der Waals surface area contributed by atoms with Crippen molar-refractivity contribution in [2.45, 2.75) is 25.1 Å². The van der Waals surface area contributed by atoms with E-state index in [9.17, 15) is 9.59 Å². The van der Waals surface area contributed by atoms with Gasteiger partial charge in [0, 0.05) is 36.9 Å². The van der Waals surface area contributed by atoms with Gasteiger partial charge in [0.15, 0.2) is 5.43 Å². The van der Waals surface area contributed by atoms with E-state index in [1.54, 1.807) is 18.9 Å². The molecule has 1 aromatic heterocycles. The molecule has 4 nitrogen and oxygen atoms in total. The summed E-state index contributed by atoms with van der Waals surface area (Å²) in [6.07, 6.45) is 3.38. The number of nitrogens with zero attached hydrogens (tertiary/aromatic N) is 1. The van der Waals surface area contributed by atoms with Crippen LogP contribution in [0.25, 0.3) is 0 Å². The molecule has 1 heterocycles. The molecule has 0 saturated heterocycles. The second-order valence-corrected chi connectivity index (χ2v) is 5.63. The molecule has 1 aliphatic rings. The van der Waals surface area contributed by atoms with Crippen LogP contribution in [-0.4, -0.2) is 34.8 Å². The molecule has 0 atom stereocenters. The summed E-state index contributed by atoms with van der Waals surface area (Å²) >= 11 is 5.91. The van der Waals surface area contributed by atoms with E-state index < -0.39 is 0 Å². The van der Waals surface area contributed by atoms with Crippen molar-refractivity contribution in [3.05, 3.63) is 33.7 Å². The Labute approximate surface area is 111 Å². The molecule has 0 aliphatic heterocycles. The Morgan fingerprint density at radius 1 is 1.56 bits per heavy atom. The third kappa shape index (κ3) is 2.75. The molecule has 98 valence electrons. The van der Waals surface area contributed by atoms with Gasteiger partial charge in [-0.1, -0.05) is 0 Å². The van der Waals surface area contributed by atoms with Crippen LogP contribution in [0.3, 0.4) is 0 Å². The van der Waals surface area contributed by atoms with E-state index in [1.165, 1.54) is 12.3 Å². The highest BCUT2D eigenvalue weighted by Gasteiger charge is 2.29. The highest BCUT2D eigenvalue weighted by atomic mass is 35.5. The predicted octanol–water partition coefficient (Wildman–Crippen LogP) is 1.77. The van der Waals surface area contributed by atoms with Crippen LogP contribution >= 0.6 is 11.6 Å². The van der Waals surface area contributed by atoms with Crippen LogP contribution in [0, 0.1) is 12.8 Å². The second-order valence-electron chi connectivity index (χ2n) is 5.01.